The smallest absolute Gasteiger partial charge is 0.408 e. The molecule has 8 amide bonds. The van der Waals surface area contributed by atoms with Crippen LogP contribution < -0.4 is 37.2 Å². The van der Waals surface area contributed by atoms with Gasteiger partial charge in [-0.05, 0) is 112 Å². The van der Waals surface area contributed by atoms with E-state index in [1.54, 1.807) is 55.8 Å². The average Bonchev–Trinajstić information content (AvgIpc) is 4.06. The molecule has 7 atom stereocenters. The number of benzene rings is 3. The Morgan fingerprint density at radius 2 is 1.59 bits per heavy atom. The standard InChI is InChI=1S/C56H71N9O10S/c1-31(34-18-20-36(21-19-34)47-32(2)58-30-76-47)59-50(70)42-28-39(66)29-64(42)53(73)48(55(3,4)5)63-45(68)17-10-13-33-12-9-16-38(26-33)60-49(69)40(24-25-44(57)67)61-51(71)43-27-37-15-11-14-35-22-23-41(52(72)65(43)46(35)37)62-54(74)75-56(6,7)8/h9,11-12,14-16,18-21,26,30-31,39-43,48,66H,10,13,17,22-25,27-29H2,1-8H3,(H2,57,67)(H,59,70)(H,60,69)(H,61,71)(H,62,74)(H,63,68)/t31-,39+,40-,41-,42-,43-,48+/m0/s1. The Balaban J connectivity index is 0.944. The normalized spacial score (nSPS) is 19.4. The number of carbonyl (C=O) groups excluding carboxylic acids is 8. The quantitative estimate of drug-likeness (QED) is 0.0672. The number of nitrogens with two attached hydrogens (primary N) is 1. The van der Waals surface area contributed by atoms with Gasteiger partial charge >= 0.3 is 6.09 Å². The van der Waals surface area contributed by atoms with Crippen LogP contribution in [0.5, 0.6) is 0 Å². The molecule has 3 aromatic carbocycles. The fourth-order valence-corrected chi connectivity index (χ4v) is 10.8. The van der Waals surface area contributed by atoms with Crippen molar-refractivity contribution >= 4 is 70.2 Å². The molecule has 7 rings (SSSR count). The summed E-state index contributed by atoms with van der Waals surface area (Å²) in [6.45, 7) is 14.4. The van der Waals surface area contributed by atoms with Crippen LogP contribution in [0.15, 0.2) is 72.2 Å². The molecule has 1 saturated heterocycles. The van der Waals surface area contributed by atoms with Crippen LogP contribution in [0.4, 0.5) is 16.2 Å². The maximum Gasteiger partial charge on any atom is 0.408 e. The molecule has 76 heavy (non-hydrogen) atoms. The van der Waals surface area contributed by atoms with Crippen LogP contribution in [0.2, 0.25) is 0 Å². The molecule has 3 aliphatic rings. The summed E-state index contributed by atoms with van der Waals surface area (Å²) in [5, 5.41) is 25.0. The summed E-state index contributed by atoms with van der Waals surface area (Å²) in [5.74, 6) is -3.68. The molecule has 4 heterocycles. The van der Waals surface area contributed by atoms with Crippen molar-refractivity contribution in [3.05, 3.63) is 100 Å². The first-order valence-electron chi connectivity index (χ1n) is 25.9. The molecule has 1 fully saturated rings. The van der Waals surface area contributed by atoms with Crippen molar-refractivity contribution < 1.29 is 48.2 Å². The number of carbonyl (C=O) groups is 8. The van der Waals surface area contributed by atoms with Crippen LogP contribution in [0.25, 0.3) is 10.4 Å². The second kappa shape index (κ2) is 23.8. The lowest BCUT2D eigenvalue weighted by Crippen LogP contribution is -2.57. The van der Waals surface area contributed by atoms with Crippen LogP contribution in [-0.2, 0) is 57.6 Å². The minimum absolute atomic E-state index is 0.0486. The third-order valence-electron chi connectivity index (χ3n) is 13.8. The van der Waals surface area contributed by atoms with Gasteiger partial charge in [-0.15, -0.1) is 11.3 Å². The number of aliphatic hydroxyl groups excluding tert-OH is 1. The van der Waals surface area contributed by atoms with E-state index >= 15 is 0 Å². The molecular weight excluding hydrogens is 991 g/mol. The van der Waals surface area contributed by atoms with Gasteiger partial charge in [0.15, 0.2) is 0 Å². The Bertz CT molecular complexity index is 2840. The van der Waals surface area contributed by atoms with Gasteiger partial charge in [-0.1, -0.05) is 75.4 Å². The van der Waals surface area contributed by atoms with Gasteiger partial charge < -0.3 is 47.1 Å². The number of alkyl carbamates (subject to hydrolysis) is 1. The number of thiazole rings is 1. The van der Waals surface area contributed by atoms with Gasteiger partial charge in [-0.2, -0.15) is 0 Å². The fourth-order valence-electron chi connectivity index (χ4n) is 9.98. The van der Waals surface area contributed by atoms with E-state index in [1.807, 2.05) is 83.1 Å². The monoisotopic (exact) mass is 1060 g/mol. The van der Waals surface area contributed by atoms with Crippen LogP contribution in [0.3, 0.4) is 0 Å². The number of nitrogens with zero attached hydrogens (tertiary/aromatic N) is 3. The number of para-hydroxylation sites is 1. The zero-order chi connectivity index (χ0) is 55.2. The molecule has 0 spiro atoms. The van der Waals surface area contributed by atoms with Crippen molar-refractivity contribution in [2.24, 2.45) is 11.1 Å². The van der Waals surface area contributed by atoms with Crippen molar-refractivity contribution in [2.45, 2.75) is 161 Å². The van der Waals surface area contributed by atoms with Gasteiger partial charge in [0, 0.05) is 37.9 Å². The predicted molar refractivity (Wildman–Crippen MR) is 288 cm³/mol. The van der Waals surface area contributed by atoms with Gasteiger partial charge in [0.05, 0.1) is 33.9 Å². The summed E-state index contributed by atoms with van der Waals surface area (Å²) in [4.78, 5) is 117. The van der Waals surface area contributed by atoms with Gasteiger partial charge in [0.2, 0.25) is 41.4 Å². The van der Waals surface area contributed by atoms with Crippen molar-refractivity contribution in [1.82, 2.24) is 31.2 Å². The molecule has 0 bridgehead atoms. The zero-order valence-corrected chi connectivity index (χ0v) is 45.3. The molecule has 0 aliphatic carbocycles. The highest BCUT2D eigenvalue weighted by atomic mass is 32.1. The summed E-state index contributed by atoms with van der Waals surface area (Å²) in [6, 6.07) is 14.8. The highest BCUT2D eigenvalue weighted by Gasteiger charge is 2.46. The number of anilines is 2. The van der Waals surface area contributed by atoms with E-state index in [4.69, 9.17) is 10.5 Å². The second-order valence-corrected chi connectivity index (χ2v) is 22.9. The van der Waals surface area contributed by atoms with E-state index in [0.29, 0.717) is 30.6 Å². The summed E-state index contributed by atoms with van der Waals surface area (Å²) in [6.07, 6.45) is -0.269. The lowest BCUT2D eigenvalue weighted by Gasteiger charge is -2.35. The number of amides is 8. The lowest BCUT2D eigenvalue weighted by molar-refractivity contribution is -0.144. The predicted octanol–water partition coefficient (Wildman–Crippen LogP) is 5.30. The highest BCUT2D eigenvalue weighted by Crippen LogP contribution is 2.39. The summed E-state index contributed by atoms with van der Waals surface area (Å²) in [5.41, 5.74) is 11.9. The number of aromatic nitrogens is 1. The number of hydrogen-bond acceptors (Lipinski definition) is 12. The Hall–Kier alpha value is -7.19. The first kappa shape index (κ1) is 56.5. The summed E-state index contributed by atoms with van der Waals surface area (Å²) >= 11 is 1.55. The van der Waals surface area contributed by atoms with E-state index < -0.39 is 94.9 Å². The van der Waals surface area contributed by atoms with Gasteiger partial charge in [-0.3, -0.25) is 38.5 Å². The van der Waals surface area contributed by atoms with Crippen molar-refractivity contribution in [3.8, 4) is 10.4 Å². The first-order valence-corrected chi connectivity index (χ1v) is 26.7. The number of nitrogens with one attached hydrogen (secondary N) is 5. The van der Waals surface area contributed by atoms with Crippen LogP contribution in [0.1, 0.15) is 121 Å². The minimum Gasteiger partial charge on any atom is -0.444 e. The second-order valence-electron chi connectivity index (χ2n) is 22.1. The third-order valence-corrected chi connectivity index (χ3v) is 14.8. The fraction of sp³-hybridized carbons (Fsp3) is 0.482. The lowest BCUT2D eigenvalue weighted by atomic mass is 9.85. The third kappa shape index (κ3) is 14.0. The topological polar surface area (TPSA) is 272 Å². The molecule has 3 aliphatic heterocycles. The maximum atomic E-state index is 14.3. The number of ether oxygens (including phenoxy) is 1. The number of hydrogen-bond donors (Lipinski definition) is 7. The first-order chi connectivity index (χ1) is 35.9. The van der Waals surface area contributed by atoms with Gasteiger partial charge in [0.25, 0.3) is 0 Å². The highest BCUT2D eigenvalue weighted by molar-refractivity contribution is 7.13. The van der Waals surface area contributed by atoms with E-state index in [9.17, 15) is 43.5 Å². The molecular formula is C56H71N9O10S. The van der Waals surface area contributed by atoms with E-state index in [1.165, 1.54) is 9.80 Å². The van der Waals surface area contributed by atoms with Gasteiger partial charge in [0.1, 0.15) is 35.8 Å². The molecule has 19 nitrogen and oxygen atoms in total. The van der Waals surface area contributed by atoms with Crippen molar-refractivity contribution in [3.63, 3.8) is 0 Å². The number of aliphatic hydroxyl groups is 1. The zero-order valence-electron chi connectivity index (χ0n) is 44.5. The molecule has 1 aromatic heterocycles. The minimum atomic E-state index is -1.23. The average molecular weight is 1060 g/mol. The molecule has 8 N–H and O–H groups in total. The summed E-state index contributed by atoms with van der Waals surface area (Å²) < 4.78 is 5.43. The van der Waals surface area contributed by atoms with Crippen LogP contribution >= 0.6 is 11.3 Å². The Morgan fingerprint density at radius 3 is 2.26 bits per heavy atom. The van der Waals surface area contributed by atoms with Crippen LogP contribution in [-0.4, -0.2) is 111 Å². The van der Waals surface area contributed by atoms with Crippen molar-refractivity contribution in [1.29, 1.82) is 0 Å². The van der Waals surface area contributed by atoms with Gasteiger partial charge in [-0.25, -0.2) is 9.78 Å². The molecule has 4 aromatic rings. The number of β-amino-alcohol motifs (C(OH)–C–C–N with tert-alkyl or cyclic N) is 1. The molecule has 0 radical (unpaired) electrons. The summed E-state index contributed by atoms with van der Waals surface area (Å²) in [7, 11) is 0. The molecule has 406 valence electrons. The van der Waals surface area contributed by atoms with Crippen LogP contribution in [0, 0.1) is 12.3 Å². The number of likely N-dealkylation sites (tertiary alicyclic amines) is 1. The molecule has 0 saturated carbocycles. The van der Waals surface area contributed by atoms with E-state index in [0.717, 1.165) is 38.4 Å². The number of primary amides is 1. The Labute approximate surface area is 447 Å². The largest absolute Gasteiger partial charge is 0.444 e. The Morgan fingerprint density at radius 1 is 0.895 bits per heavy atom. The molecule has 20 heteroatoms. The van der Waals surface area contributed by atoms with Crippen molar-refractivity contribution in [2.75, 3.05) is 16.8 Å². The Kier molecular flexibility index (Phi) is 17.7. The number of aryl methyl sites for hydroxylation is 3. The maximum absolute atomic E-state index is 14.3. The van der Waals surface area contributed by atoms with E-state index in [-0.39, 0.29) is 51.0 Å². The molecule has 0 unspecified atom stereocenters. The number of rotatable bonds is 18. The SMILES string of the molecule is Cc1ncsc1-c1ccc([C@H](C)NC(=O)[C@@H]2C[C@@H](O)CN2C(=O)[C@@H](NC(=O)CCCc2cccc(NC(=O)[C@H](CCC(N)=O)NC(=O)[C@@H]3Cc4cccc5c4N3C(=O)[C@@H](NC(=O)OC(C)(C)C)CC5)c2)C(C)(C)C)cc1. The van der Waals surface area contributed by atoms with E-state index in [2.05, 4.69) is 31.6 Å².